The fourth-order valence-corrected chi connectivity index (χ4v) is 2.60. The highest BCUT2D eigenvalue weighted by Gasteiger charge is 2.20. The molecule has 0 unspecified atom stereocenters. The van der Waals surface area contributed by atoms with Gasteiger partial charge in [0.1, 0.15) is 5.78 Å². The molecule has 0 N–H and O–H groups in total. The fourth-order valence-electron chi connectivity index (χ4n) is 2.60. The van der Waals surface area contributed by atoms with Crippen molar-refractivity contribution in [3.05, 3.63) is 23.8 Å². The molecule has 0 radical (unpaired) electrons. The summed E-state index contributed by atoms with van der Waals surface area (Å²) < 4.78 is 10.7. The van der Waals surface area contributed by atoms with Crippen LogP contribution in [0.4, 0.5) is 0 Å². The zero-order valence-electron chi connectivity index (χ0n) is 9.78. The van der Waals surface area contributed by atoms with E-state index in [2.05, 4.69) is 12.1 Å². The molecule has 1 aliphatic carbocycles. The highest BCUT2D eigenvalue weighted by molar-refractivity contribution is 5.79. The van der Waals surface area contributed by atoms with Crippen LogP contribution in [0.25, 0.3) is 0 Å². The molecule has 0 atom stereocenters. The maximum absolute atomic E-state index is 11.2. The molecule has 0 aromatic heterocycles. The van der Waals surface area contributed by atoms with Gasteiger partial charge in [0.2, 0.25) is 6.79 Å². The Morgan fingerprint density at radius 2 is 1.88 bits per heavy atom. The third-order valence-corrected chi connectivity index (χ3v) is 3.62. The van der Waals surface area contributed by atoms with Gasteiger partial charge in [0, 0.05) is 12.8 Å². The molecule has 2 aliphatic rings. The van der Waals surface area contributed by atoms with E-state index in [-0.39, 0.29) is 0 Å². The lowest BCUT2D eigenvalue weighted by Crippen LogP contribution is -2.15. The van der Waals surface area contributed by atoms with Crippen molar-refractivity contribution < 1.29 is 14.3 Å². The van der Waals surface area contributed by atoms with Crippen molar-refractivity contribution in [3.63, 3.8) is 0 Å². The number of hydrogen-bond acceptors (Lipinski definition) is 3. The maximum atomic E-state index is 11.2. The molecule has 3 nitrogen and oxygen atoms in total. The Bertz CT molecular complexity index is 429. The molecule has 1 aromatic rings. The third kappa shape index (κ3) is 2.28. The van der Waals surface area contributed by atoms with Crippen LogP contribution in [0, 0.1) is 5.92 Å². The summed E-state index contributed by atoms with van der Waals surface area (Å²) in [6.45, 7) is 0.330. The Hall–Kier alpha value is -1.51. The summed E-state index contributed by atoms with van der Waals surface area (Å²) in [4.78, 5) is 11.2. The first-order valence-corrected chi connectivity index (χ1v) is 6.21. The van der Waals surface area contributed by atoms with E-state index in [1.54, 1.807) is 0 Å². The number of ether oxygens (including phenoxy) is 2. The van der Waals surface area contributed by atoms with Crippen molar-refractivity contribution in [3.8, 4) is 11.5 Å². The van der Waals surface area contributed by atoms with Gasteiger partial charge in [-0.15, -0.1) is 0 Å². The van der Waals surface area contributed by atoms with E-state index < -0.39 is 0 Å². The molecule has 3 heteroatoms. The summed E-state index contributed by atoms with van der Waals surface area (Å²) in [6.07, 6.45) is 4.63. The SMILES string of the molecule is O=C1CCC(Cc2ccc3c(c2)OCO3)CC1. The number of carbonyl (C=O) groups excluding carboxylic acids is 1. The van der Waals surface area contributed by atoms with Crippen LogP contribution < -0.4 is 9.47 Å². The first-order chi connectivity index (χ1) is 8.31. The van der Waals surface area contributed by atoms with Crippen molar-refractivity contribution in [2.75, 3.05) is 6.79 Å². The number of benzene rings is 1. The molecule has 1 saturated carbocycles. The van der Waals surface area contributed by atoms with Crippen molar-refractivity contribution in [2.45, 2.75) is 32.1 Å². The van der Waals surface area contributed by atoms with E-state index >= 15 is 0 Å². The minimum Gasteiger partial charge on any atom is -0.454 e. The molecule has 0 amide bonds. The van der Waals surface area contributed by atoms with Gasteiger partial charge < -0.3 is 9.47 Å². The normalized spacial score (nSPS) is 19.6. The number of hydrogen-bond donors (Lipinski definition) is 0. The van der Waals surface area contributed by atoms with E-state index in [9.17, 15) is 4.79 Å². The van der Waals surface area contributed by atoms with E-state index in [0.717, 1.165) is 43.6 Å². The van der Waals surface area contributed by atoms with Gasteiger partial charge >= 0.3 is 0 Å². The zero-order chi connectivity index (χ0) is 11.7. The molecular weight excluding hydrogens is 216 g/mol. The van der Waals surface area contributed by atoms with Crippen LogP contribution >= 0.6 is 0 Å². The Labute approximate surface area is 101 Å². The van der Waals surface area contributed by atoms with Crippen LogP contribution in [0.2, 0.25) is 0 Å². The molecule has 1 aliphatic heterocycles. The quantitative estimate of drug-likeness (QED) is 0.786. The number of Topliss-reactive ketones (excluding diaryl/α,β-unsaturated/α-hetero) is 1. The number of ketones is 1. The van der Waals surface area contributed by atoms with Crippen LogP contribution in [-0.2, 0) is 11.2 Å². The highest BCUT2D eigenvalue weighted by atomic mass is 16.7. The molecule has 0 bridgehead atoms. The van der Waals surface area contributed by atoms with Gasteiger partial charge in [-0.05, 0) is 42.9 Å². The first-order valence-electron chi connectivity index (χ1n) is 6.21. The first kappa shape index (κ1) is 10.6. The summed E-state index contributed by atoms with van der Waals surface area (Å²) in [6, 6.07) is 6.15. The second-order valence-electron chi connectivity index (χ2n) is 4.87. The molecule has 1 aromatic carbocycles. The average Bonchev–Trinajstić information content (AvgIpc) is 2.79. The van der Waals surface area contributed by atoms with E-state index in [1.807, 2.05) is 6.07 Å². The largest absolute Gasteiger partial charge is 0.454 e. The Balaban J connectivity index is 1.67. The predicted octanol–water partition coefficient (Wildman–Crippen LogP) is 2.72. The maximum Gasteiger partial charge on any atom is 0.231 e. The summed E-state index contributed by atoms with van der Waals surface area (Å²) >= 11 is 0. The second-order valence-corrected chi connectivity index (χ2v) is 4.87. The average molecular weight is 232 g/mol. The second kappa shape index (κ2) is 4.40. The van der Waals surface area contributed by atoms with Crippen LogP contribution in [0.15, 0.2) is 18.2 Å². The van der Waals surface area contributed by atoms with Crippen LogP contribution in [0.5, 0.6) is 11.5 Å². The van der Waals surface area contributed by atoms with Crippen molar-refractivity contribution in [1.82, 2.24) is 0 Å². The molecule has 3 rings (SSSR count). The highest BCUT2D eigenvalue weighted by Crippen LogP contribution is 2.34. The topological polar surface area (TPSA) is 35.5 Å². The predicted molar refractivity (Wildman–Crippen MR) is 63.2 cm³/mol. The van der Waals surface area contributed by atoms with Gasteiger partial charge in [-0.25, -0.2) is 0 Å². The van der Waals surface area contributed by atoms with Crippen molar-refractivity contribution >= 4 is 5.78 Å². The van der Waals surface area contributed by atoms with Gasteiger partial charge in [-0.1, -0.05) is 6.07 Å². The molecule has 0 spiro atoms. The van der Waals surface area contributed by atoms with Gasteiger partial charge in [-0.2, -0.15) is 0 Å². The standard InChI is InChI=1S/C14H16O3/c15-12-4-1-10(2-5-12)7-11-3-6-13-14(8-11)17-9-16-13/h3,6,8,10H,1-2,4-5,7,9H2. The van der Waals surface area contributed by atoms with Crippen LogP contribution in [-0.4, -0.2) is 12.6 Å². The van der Waals surface area contributed by atoms with Gasteiger partial charge in [-0.3, -0.25) is 4.79 Å². The summed E-state index contributed by atoms with van der Waals surface area (Å²) in [7, 11) is 0. The Kier molecular flexibility index (Phi) is 2.75. The van der Waals surface area contributed by atoms with Gasteiger partial charge in [0.25, 0.3) is 0 Å². The lowest BCUT2D eigenvalue weighted by Gasteiger charge is -2.20. The summed E-state index contributed by atoms with van der Waals surface area (Å²) in [5, 5.41) is 0. The van der Waals surface area contributed by atoms with Crippen molar-refractivity contribution in [1.29, 1.82) is 0 Å². The van der Waals surface area contributed by atoms with E-state index in [0.29, 0.717) is 18.5 Å². The molecule has 17 heavy (non-hydrogen) atoms. The van der Waals surface area contributed by atoms with Crippen molar-refractivity contribution in [2.24, 2.45) is 5.92 Å². The zero-order valence-corrected chi connectivity index (χ0v) is 9.78. The molecule has 0 saturated heterocycles. The van der Waals surface area contributed by atoms with E-state index in [4.69, 9.17) is 9.47 Å². The molecular formula is C14H16O3. The lowest BCUT2D eigenvalue weighted by molar-refractivity contribution is -0.121. The van der Waals surface area contributed by atoms with Gasteiger partial charge in [0.05, 0.1) is 0 Å². The van der Waals surface area contributed by atoms with E-state index in [1.165, 1.54) is 5.56 Å². The van der Waals surface area contributed by atoms with Crippen LogP contribution in [0.3, 0.4) is 0 Å². The number of fused-ring (bicyclic) bond motifs is 1. The Morgan fingerprint density at radius 1 is 1.12 bits per heavy atom. The fraction of sp³-hybridized carbons (Fsp3) is 0.500. The third-order valence-electron chi connectivity index (χ3n) is 3.62. The summed E-state index contributed by atoms with van der Waals surface area (Å²) in [5.41, 5.74) is 1.29. The molecule has 90 valence electrons. The minimum atomic E-state index is 0.330. The smallest absolute Gasteiger partial charge is 0.231 e. The number of carbonyl (C=O) groups is 1. The van der Waals surface area contributed by atoms with Gasteiger partial charge in [0.15, 0.2) is 11.5 Å². The number of rotatable bonds is 2. The van der Waals surface area contributed by atoms with Crippen LogP contribution in [0.1, 0.15) is 31.2 Å². The monoisotopic (exact) mass is 232 g/mol. The molecule has 1 heterocycles. The lowest BCUT2D eigenvalue weighted by atomic mass is 9.84. The Morgan fingerprint density at radius 3 is 2.71 bits per heavy atom. The molecule has 1 fully saturated rings. The minimum absolute atomic E-state index is 0.330. The summed E-state index contributed by atoms with van der Waals surface area (Å²) in [5.74, 6) is 2.77.